The molecule has 1 N–H and O–H groups in total. The summed E-state index contributed by atoms with van der Waals surface area (Å²) in [5.74, 6) is -1.12. The molecule has 0 amide bonds. The summed E-state index contributed by atoms with van der Waals surface area (Å²) in [4.78, 5) is 29.7. The SMILES string of the molecule is Cc1ccc(C=Cc2nc3sc(C(=O)O)c(-c4ccc(C)cc4)n3c(=O)c2Cl)cc1. The van der Waals surface area contributed by atoms with Crippen LogP contribution in [-0.2, 0) is 0 Å². The molecule has 4 aromatic rings. The number of rotatable bonds is 4. The van der Waals surface area contributed by atoms with Gasteiger partial charge in [-0.25, -0.2) is 14.2 Å². The van der Waals surface area contributed by atoms with Crippen molar-refractivity contribution >= 4 is 46.0 Å². The molecule has 2 aromatic heterocycles. The minimum Gasteiger partial charge on any atom is -0.477 e. The fourth-order valence-corrected chi connectivity index (χ4v) is 4.26. The van der Waals surface area contributed by atoms with Crippen molar-refractivity contribution in [2.75, 3.05) is 0 Å². The average Bonchev–Trinajstić information content (AvgIpc) is 3.11. The van der Waals surface area contributed by atoms with Crippen LogP contribution in [0.4, 0.5) is 0 Å². The molecule has 30 heavy (non-hydrogen) atoms. The molecule has 0 spiro atoms. The number of aromatic nitrogens is 2. The van der Waals surface area contributed by atoms with Crippen molar-refractivity contribution in [3.05, 3.63) is 91.2 Å². The Kier molecular flexibility index (Phi) is 5.28. The number of carboxylic acids is 1. The Bertz CT molecular complexity index is 1350. The van der Waals surface area contributed by atoms with Gasteiger partial charge in [0.25, 0.3) is 5.56 Å². The van der Waals surface area contributed by atoms with Crippen LogP contribution in [-0.4, -0.2) is 20.5 Å². The van der Waals surface area contributed by atoms with Gasteiger partial charge in [-0.3, -0.25) is 4.79 Å². The molecule has 5 nitrogen and oxygen atoms in total. The zero-order chi connectivity index (χ0) is 21.4. The maximum Gasteiger partial charge on any atom is 0.348 e. The summed E-state index contributed by atoms with van der Waals surface area (Å²) in [6, 6.07) is 15.2. The van der Waals surface area contributed by atoms with Crippen LogP contribution in [0.1, 0.15) is 32.1 Å². The minimum atomic E-state index is -1.12. The molecule has 0 aliphatic rings. The Morgan fingerprint density at radius 2 is 1.63 bits per heavy atom. The van der Waals surface area contributed by atoms with Crippen LogP contribution in [0.2, 0.25) is 5.02 Å². The number of carbonyl (C=O) groups is 1. The molecular formula is C23H17ClN2O3S. The lowest BCUT2D eigenvalue weighted by atomic mass is 10.1. The Hall–Kier alpha value is -3.22. The normalized spacial score (nSPS) is 11.4. The highest BCUT2D eigenvalue weighted by molar-refractivity contribution is 7.19. The van der Waals surface area contributed by atoms with Crippen LogP contribution in [0.5, 0.6) is 0 Å². The molecule has 0 saturated carbocycles. The number of thiazole rings is 1. The van der Waals surface area contributed by atoms with E-state index < -0.39 is 11.5 Å². The lowest BCUT2D eigenvalue weighted by Crippen LogP contribution is -2.17. The van der Waals surface area contributed by atoms with Gasteiger partial charge in [0, 0.05) is 5.56 Å². The standard InChI is InChI=1S/C23H17ClN2O3S/c1-13-3-7-15(8-4-13)9-12-17-18(24)21(27)26-19(16-10-5-14(2)6-11-16)20(22(28)29)30-23(26)25-17/h3-12H,1-2H3,(H,28,29). The molecule has 0 atom stereocenters. The number of carboxylic acid groups (broad SMARTS) is 1. The highest BCUT2D eigenvalue weighted by Crippen LogP contribution is 2.31. The van der Waals surface area contributed by atoms with Crippen molar-refractivity contribution in [1.29, 1.82) is 0 Å². The molecular weight excluding hydrogens is 420 g/mol. The third-order valence-electron chi connectivity index (χ3n) is 4.69. The molecule has 0 radical (unpaired) electrons. The number of fused-ring (bicyclic) bond motifs is 1. The Morgan fingerprint density at radius 3 is 2.23 bits per heavy atom. The lowest BCUT2D eigenvalue weighted by molar-refractivity contribution is 0.0702. The summed E-state index contributed by atoms with van der Waals surface area (Å²) in [5, 5.41) is 9.65. The number of hydrogen-bond donors (Lipinski definition) is 1. The summed E-state index contributed by atoms with van der Waals surface area (Å²) in [6.45, 7) is 3.94. The fourth-order valence-electron chi connectivity index (χ4n) is 3.08. The van der Waals surface area contributed by atoms with Crippen LogP contribution < -0.4 is 5.56 Å². The second-order valence-corrected chi connectivity index (χ2v) is 8.28. The Morgan fingerprint density at radius 1 is 1.03 bits per heavy atom. The molecule has 0 bridgehead atoms. The van der Waals surface area contributed by atoms with E-state index in [1.807, 2.05) is 56.3 Å². The first-order chi connectivity index (χ1) is 14.3. The van der Waals surface area contributed by atoms with E-state index in [2.05, 4.69) is 4.98 Å². The topological polar surface area (TPSA) is 71.7 Å². The van der Waals surface area contributed by atoms with Crippen molar-refractivity contribution in [3.8, 4) is 11.3 Å². The van der Waals surface area contributed by atoms with E-state index in [-0.39, 0.29) is 20.6 Å². The van der Waals surface area contributed by atoms with Crippen molar-refractivity contribution in [2.24, 2.45) is 0 Å². The predicted molar refractivity (Wildman–Crippen MR) is 122 cm³/mol. The van der Waals surface area contributed by atoms with Crippen LogP contribution in [0.15, 0.2) is 53.3 Å². The van der Waals surface area contributed by atoms with Gasteiger partial charge in [-0.15, -0.1) is 0 Å². The molecule has 2 aromatic carbocycles. The molecule has 0 saturated heterocycles. The van der Waals surface area contributed by atoms with E-state index in [1.54, 1.807) is 18.2 Å². The molecule has 0 aliphatic heterocycles. The summed E-state index contributed by atoms with van der Waals surface area (Å²) in [6.07, 6.45) is 3.48. The van der Waals surface area contributed by atoms with Gasteiger partial charge >= 0.3 is 5.97 Å². The molecule has 7 heteroatoms. The first kappa shape index (κ1) is 20.1. The number of halogens is 1. The van der Waals surface area contributed by atoms with Crippen molar-refractivity contribution in [3.63, 3.8) is 0 Å². The second-order valence-electron chi connectivity index (χ2n) is 6.93. The maximum atomic E-state index is 13.1. The number of benzene rings is 2. The summed E-state index contributed by atoms with van der Waals surface area (Å²) < 4.78 is 1.28. The van der Waals surface area contributed by atoms with Gasteiger partial charge in [-0.05, 0) is 25.5 Å². The van der Waals surface area contributed by atoms with Crippen LogP contribution in [0, 0.1) is 13.8 Å². The summed E-state index contributed by atoms with van der Waals surface area (Å²) >= 11 is 7.30. The van der Waals surface area contributed by atoms with Crippen LogP contribution in [0.25, 0.3) is 28.4 Å². The monoisotopic (exact) mass is 436 g/mol. The maximum absolute atomic E-state index is 13.1. The van der Waals surface area contributed by atoms with E-state index in [1.165, 1.54) is 4.40 Å². The van der Waals surface area contributed by atoms with Gasteiger partial charge in [0.1, 0.15) is 9.90 Å². The van der Waals surface area contributed by atoms with E-state index >= 15 is 0 Å². The third-order valence-corrected chi connectivity index (χ3v) is 6.07. The third kappa shape index (κ3) is 3.67. The molecule has 4 rings (SSSR count). The zero-order valence-electron chi connectivity index (χ0n) is 16.2. The molecule has 0 unspecified atom stereocenters. The first-order valence-corrected chi connectivity index (χ1v) is 10.3. The molecule has 2 heterocycles. The molecule has 0 aliphatic carbocycles. The van der Waals surface area contributed by atoms with Gasteiger partial charge in [-0.2, -0.15) is 0 Å². The number of nitrogens with zero attached hydrogens (tertiary/aromatic N) is 2. The smallest absolute Gasteiger partial charge is 0.348 e. The average molecular weight is 437 g/mol. The Balaban J connectivity index is 1.90. The van der Waals surface area contributed by atoms with Gasteiger partial charge < -0.3 is 5.11 Å². The highest BCUT2D eigenvalue weighted by atomic mass is 35.5. The summed E-state index contributed by atoms with van der Waals surface area (Å²) in [5.41, 5.74) is 3.83. The quantitative estimate of drug-likeness (QED) is 0.454. The number of hydrogen-bond acceptors (Lipinski definition) is 4. The zero-order valence-corrected chi connectivity index (χ0v) is 17.8. The Labute approximate surface area is 181 Å². The summed E-state index contributed by atoms with van der Waals surface area (Å²) in [7, 11) is 0. The van der Waals surface area contributed by atoms with E-state index in [9.17, 15) is 14.7 Å². The lowest BCUT2D eigenvalue weighted by Gasteiger charge is -2.05. The first-order valence-electron chi connectivity index (χ1n) is 9.15. The number of aromatic carboxylic acids is 1. The number of aryl methyl sites for hydroxylation is 2. The minimum absolute atomic E-state index is 0.0409. The van der Waals surface area contributed by atoms with E-state index in [0.29, 0.717) is 11.3 Å². The molecule has 0 fully saturated rings. The van der Waals surface area contributed by atoms with E-state index in [0.717, 1.165) is 28.0 Å². The van der Waals surface area contributed by atoms with Gasteiger partial charge in [0.2, 0.25) is 0 Å². The highest BCUT2D eigenvalue weighted by Gasteiger charge is 2.23. The van der Waals surface area contributed by atoms with Gasteiger partial charge in [0.05, 0.1) is 11.4 Å². The van der Waals surface area contributed by atoms with Crippen LogP contribution in [0.3, 0.4) is 0 Å². The van der Waals surface area contributed by atoms with Crippen molar-refractivity contribution < 1.29 is 9.90 Å². The second kappa shape index (κ2) is 7.89. The molecule has 150 valence electrons. The van der Waals surface area contributed by atoms with Crippen LogP contribution >= 0.6 is 22.9 Å². The van der Waals surface area contributed by atoms with Gasteiger partial charge in [0.15, 0.2) is 4.96 Å². The van der Waals surface area contributed by atoms with Crippen molar-refractivity contribution in [1.82, 2.24) is 9.38 Å². The fraction of sp³-hybridized carbons (Fsp3) is 0.0870. The largest absolute Gasteiger partial charge is 0.477 e. The predicted octanol–water partition coefficient (Wildman–Crippen LogP) is 5.56. The van der Waals surface area contributed by atoms with Crippen molar-refractivity contribution in [2.45, 2.75) is 13.8 Å². The van der Waals surface area contributed by atoms with Gasteiger partial charge in [-0.1, -0.05) is 88.7 Å². The van der Waals surface area contributed by atoms with E-state index in [4.69, 9.17) is 11.6 Å².